The Bertz CT molecular complexity index is 631. The van der Waals surface area contributed by atoms with E-state index in [0.29, 0.717) is 12.1 Å². The van der Waals surface area contributed by atoms with E-state index in [4.69, 9.17) is 14.3 Å². The van der Waals surface area contributed by atoms with Gasteiger partial charge in [0.05, 0.1) is 18.1 Å². The highest BCUT2D eigenvalue weighted by atomic mass is 16.5. The second kappa shape index (κ2) is 4.22. The number of hydrogen-bond donors (Lipinski definition) is 1. The van der Waals surface area contributed by atoms with Gasteiger partial charge in [-0.15, -0.1) is 0 Å². The summed E-state index contributed by atoms with van der Waals surface area (Å²) in [5, 5.41) is 9.81. The minimum Gasteiger partial charge on any atom is -0.443 e. The Balaban J connectivity index is 2.01. The molecule has 2 atom stereocenters. The largest absolute Gasteiger partial charge is 0.443 e. The van der Waals surface area contributed by atoms with Gasteiger partial charge in [0.1, 0.15) is 12.0 Å². The molecule has 1 fully saturated rings. The normalized spacial score (nSPS) is 23.9. The number of furan rings is 1. The molecule has 0 unspecified atom stereocenters. The van der Waals surface area contributed by atoms with Crippen LogP contribution in [-0.4, -0.2) is 27.4 Å². The number of aliphatic hydroxyl groups is 1. The van der Waals surface area contributed by atoms with Crippen molar-refractivity contribution in [2.75, 3.05) is 6.61 Å². The first kappa shape index (κ1) is 11.4. The highest BCUT2D eigenvalue weighted by Gasteiger charge is 2.27. The maximum absolute atomic E-state index is 11.9. The van der Waals surface area contributed by atoms with E-state index in [9.17, 15) is 4.79 Å². The molecule has 1 aliphatic rings. The van der Waals surface area contributed by atoms with Gasteiger partial charge < -0.3 is 14.3 Å². The molecule has 0 aromatic carbocycles. The smallest absolute Gasteiger partial charge is 0.353 e. The van der Waals surface area contributed by atoms with Gasteiger partial charge in [-0.05, 0) is 25.8 Å². The van der Waals surface area contributed by atoms with Gasteiger partial charge in [0.15, 0.2) is 0 Å². The van der Waals surface area contributed by atoms with Crippen LogP contribution in [0.2, 0.25) is 0 Å². The minimum atomic E-state index is -0.388. The summed E-state index contributed by atoms with van der Waals surface area (Å²) in [6.45, 7) is 1.79. The van der Waals surface area contributed by atoms with Gasteiger partial charge in [0.25, 0.3) is 0 Å². The van der Waals surface area contributed by atoms with E-state index < -0.39 is 0 Å². The number of aromatic nitrogens is 2. The van der Waals surface area contributed by atoms with Crippen LogP contribution in [0.1, 0.15) is 24.8 Å². The van der Waals surface area contributed by atoms with Gasteiger partial charge in [-0.3, -0.25) is 4.57 Å². The predicted octanol–water partition coefficient (Wildman–Crippen LogP) is 0.968. The van der Waals surface area contributed by atoms with Crippen LogP contribution < -0.4 is 5.69 Å². The standard InChI is InChI=1S/C12H14N2O4/c1-7-4-8-5-14(12(16)13-11(8)17-7)10-3-2-9(6-15)18-10/h4-5,9-10,15H,2-3,6H2,1H3/t9-,10+/m1/s1. The van der Waals surface area contributed by atoms with Crippen LogP contribution in [0.15, 0.2) is 21.5 Å². The zero-order chi connectivity index (χ0) is 12.7. The molecule has 0 saturated carbocycles. The second-order valence-corrected chi connectivity index (χ2v) is 4.52. The zero-order valence-corrected chi connectivity index (χ0v) is 10.00. The van der Waals surface area contributed by atoms with E-state index in [-0.39, 0.29) is 24.6 Å². The van der Waals surface area contributed by atoms with Crippen molar-refractivity contribution in [3.05, 3.63) is 28.5 Å². The first-order chi connectivity index (χ1) is 8.67. The molecule has 0 spiro atoms. The molecule has 2 aromatic rings. The molecular weight excluding hydrogens is 236 g/mol. The van der Waals surface area contributed by atoms with Crippen molar-refractivity contribution in [2.24, 2.45) is 0 Å². The van der Waals surface area contributed by atoms with Crippen LogP contribution in [-0.2, 0) is 4.74 Å². The first-order valence-electron chi connectivity index (χ1n) is 5.93. The molecule has 96 valence electrons. The number of ether oxygens (including phenoxy) is 1. The topological polar surface area (TPSA) is 77.5 Å². The van der Waals surface area contributed by atoms with Crippen molar-refractivity contribution in [2.45, 2.75) is 32.1 Å². The molecule has 3 rings (SSSR count). The lowest BCUT2D eigenvalue weighted by Crippen LogP contribution is -2.27. The molecule has 0 aliphatic carbocycles. The molecule has 1 N–H and O–H groups in total. The van der Waals surface area contributed by atoms with Crippen LogP contribution in [0.5, 0.6) is 0 Å². The van der Waals surface area contributed by atoms with Crippen LogP contribution in [0.3, 0.4) is 0 Å². The van der Waals surface area contributed by atoms with Crippen LogP contribution in [0, 0.1) is 6.92 Å². The Morgan fingerprint density at radius 2 is 2.39 bits per heavy atom. The summed E-state index contributed by atoms with van der Waals surface area (Å²) < 4.78 is 12.3. The van der Waals surface area contributed by atoms with E-state index in [1.165, 1.54) is 4.57 Å². The average Bonchev–Trinajstić information content (AvgIpc) is 2.92. The first-order valence-corrected chi connectivity index (χ1v) is 5.93. The minimum absolute atomic E-state index is 0.0221. The SMILES string of the molecule is Cc1cc2cn([C@@H]3CC[C@H](CO)O3)c(=O)nc2o1. The maximum atomic E-state index is 11.9. The van der Waals surface area contributed by atoms with Gasteiger partial charge in [-0.25, -0.2) is 4.79 Å². The van der Waals surface area contributed by atoms with Crippen LogP contribution in [0.25, 0.3) is 11.1 Å². The highest BCUT2D eigenvalue weighted by molar-refractivity contribution is 5.72. The fourth-order valence-electron chi connectivity index (χ4n) is 2.28. The number of aliphatic hydroxyl groups excluding tert-OH is 1. The lowest BCUT2D eigenvalue weighted by Gasteiger charge is -2.14. The number of aryl methyl sites for hydroxylation is 1. The fraction of sp³-hybridized carbons (Fsp3) is 0.500. The van der Waals surface area contributed by atoms with Crippen LogP contribution >= 0.6 is 0 Å². The molecule has 3 heterocycles. The van der Waals surface area contributed by atoms with Crippen LogP contribution in [0.4, 0.5) is 0 Å². The molecule has 0 bridgehead atoms. The third-order valence-corrected chi connectivity index (χ3v) is 3.16. The Morgan fingerprint density at radius 3 is 3.11 bits per heavy atom. The fourth-order valence-corrected chi connectivity index (χ4v) is 2.28. The van der Waals surface area contributed by atoms with Gasteiger partial charge in [0.2, 0.25) is 5.71 Å². The quantitative estimate of drug-likeness (QED) is 0.859. The molecule has 6 nitrogen and oxygen atoms in total. The Labute approximate surface area is 103 Å². The Hall–Kier alpha value is -1.66. The molecule has 1 aliphatic heterocycles. The van der Waals surface area contributed by atoms with Crippen molar-refractivity contribution in [1.29, 1.82) is 0 Å². The lowest BCUT2D eigenvalue weighted by atomic mass is 10.2. The van der Waals surface area contributed by atoms with E-state index in [0.717, 1.165) is 17.6 Å². The lowest BCUT2D eigenvalue weighted by molar-refractivity contribution is -0.0243. The van der Waals surface area contributed by atoms with Crippen molar-refractivity contribution in [3.63, 3.8) is 0 Å². The van der Waals surface area contributed by atoms with E-state index in [2.05, 4.69) is 4.98 Å². The Kier molecular flexibility index (Phi) is 2.68. The highest BCUT2D eigenvalue weighted by Crippen LogP contribution is 2.27. The van der Waals surface area contributed by atoms with Crippen molar-refractivity contribution in [3.8, 4) is 0 Å². The number of rotatable bonds is 2. The predicted molar refractivity (Wildman–Crippen MR) is 63.2 cm³/mol. The van der Waals surface area contributed by atoms with Gasteiger partial charge in [-0.2, -0.15) is 4.98 Å². The van der Waals surface area contributed by atoms with Gasteiger partial charge in [0, 0.05) is 6.20 Å². The molecule has 2 aromatic heterocycles. The molecule has 1 saturated heterocycles. The monoisotopic (exact) mass is 250 g/mol. The average molecular weight is 250 g/mol. The Morgan fingerprint density at radius 1 is 1.56 bits per heavy atom. The molecule has 0 amide bonds. The van der Waals surface area contributed by atoms with Crippen molar-refractivity contribution >= 4 is 11.1 Å². The summed E-state index contributed by atoms with van der Waals surface area (Å²) in [6, 6.07) is 1.83. The summed E-state index contributed by atoms with van der Waals surface area (Å²) in [5.41, 5.74) is -0.0362. The molecular formula is C12H14N2O4. The molecule has 6 heteroatoms. The van der Waals surface area contributed by atoms with Gasteiger partial charge in [-0.1, -0.05) is 0 Å². The van der Waals surface area contributed by atoms with Crippen molar-refractivity contribution in [1.82, 2.24) is 9.55 Å². The van der Waals surface area contributed by atoms with Gasteiger partial charge >= 0.3 is 5.69 Å². The molecule has 18 heavy (non-hydrogen) atoms. The van der Waals surface area contributed by atoms with E-state index >= 15 is 0 Å². The zero-order valence-electron chi connectivity index (χ0n) is 10.00. The van der Waals surface area contributed by atoms with Crippen molar-refractivity contribution < 1.29 is 14.3 Å². The number of nitrogens with zero attached hydrogens (tertiary/aromatic N) is 2. The number of fused-ring (bicyclic) bond motifs is 1. The third kappa shape index (κ3) is 1.83. The summed E-state index contributed by atoms with van der Waals surface area (Å²) >= 11 is 0. The number of hydrogen-bond acceptors (Lipinski definition) is 5. The van der Waals surface area contributed by atoms with E-state index in [1.807, 2.05) is 13.0 Å². The summed E-state index contributed by atoms with van der Waals surface area (Å²) in [6.07, 6.45) is 2.61. The summed E-state index contributed by atoms with van der Waals surface area (Å²) in [7, 11) is 0. The summed E-state index contributed by atoms with van der Waals surface area (Å²) in [4.78, 5) is 15.8. The molecule has 0 radical (unpaired) electrons. The maximum Gasteiger partial charge on any atom is 0.353 e. The summed E-state index contributed by atoms with van der Waals surface area (Å²) in [5.74, 6) is 0.718. The third-order valence-electron chi connectivity index (χ3n) is 3.16. The van der Waals surface area contributed by atoms with E-state index in [1.54, 1.807) is 6.20 Å². The second-order valence-electron chi connectivity index (χ2n) is 4.52.